The normalized spacial score (nSPS) is 17.5. The minimum Gasteiger partial charge on any atom is -0.504 e. The number of pyridine rings is 2. The van der Waals surface area contributed by atoms with Gasteiger partial charge in [-0.05, 0) is 40.5 Å². The van der Waals surface area contributed by atoms with Gasteiger partial charge in [0.05, 0.1) is 31.3 Å². The highest BCUT2D eigenvalue weighted by molar-refractivity contribution is 9.10. The van der Waals surface area contributed by atoms with Gasteiger partial charge < -0.3 is 14.4 Å². The predicted molar refractivity (Wildman–Crippen MR) is 98.2 cm³/mol. The Labute approximate surface area is 150 Å². The smallest absolute Gasteiger partial charge is 0.213 e. The highest BCUT2D eigenvalue weighted by atomic mass is 79.9. The van der Waals surface area contributed by atoms with Crippen molar-refractivity contribution in [2.24, 2.45) is 0 Å². The lowest BCUT2D eigenvalue weighted by atomic mass is 10.2. The summed E-state index contributed by atoms with van der Waals surface area (Å²) in [6.45, 7) is 3.75. The molecule has 6 heteroatoms. The molecular formula is C18H20BrN3O2. The first kappa shape index (κ1) is 16.8. The molecule has 0 amide bonds. The van der Waals surface area contributed by atoms with Gasteiger partial charge >= 0.3 is 0 Å². The molecule has 5 nitrogen and oxygen atoms in total. The summed E-state index contributed by atoms with van der Waals surface area (Å²) < 4.78 is 11.8. The van der Waals surface area contributed by atoms with Gasteiger partial charge in [-0.2, -0.15) is 0 Å². The standard InChI is InChI=1S/C18H20BrN3O2/c1-13-3-6-18(20-11-13)24-14-7-9-22(12-14)16-4-5-17(19)21-15(16)8-10-23-2/h3-6,8,10-11,14H,7,9,12H2,1-2H3/b10-8+/t14-/m0/s1. The van der Waals surface area contributed by atoms with Gasteiger partial charge in [-0.3, -0.25) is 0 Å². The van der Waals surface area contributed by atoms with Crippen LogP contribution in [-0.4, -0.2) is 36.3 Å². The van der Waals surface area contributed by atoms with Crippen molar-refractivity contribution < 1.29 is 9.47 Å². The molecule has 0 aromatic carbocycles. The number of hydrogen-bond donors (Lipinski definition) is 0. The first-order valence-electron chi connectivity index (χ1n) is 7.86. The second-order valence-corrected chi connectivity index (χ2v) is 6.54. The number of halogens is 1. The lowest BCUT2D eigenvalue weighted by molar-refractivity contribution is 0.216. The Bertz CT molecular complexity index is 719. The van der Waals surface area contributed by atoms with Crippen LogP contribution in [0.2, 0.25) is 0 Å². The second-order valence-electron chi connectivity index (χ2n) is 5.73. The van der Waals surface area contributed by atoms with Crippen molar-refractivity contribution in [2.75, 3.05) is 25.1 Å². The Morgan fingerprint density at radius 1 is 1.29 bits per heavy atom. The summed E-state index contributed by atoms with van der Waals surface area (Å²) >= 11 is 3.42. The van der Waals surface area contributed by atoms with Crippen LogP contribution in [0.15, 0.2) is 41.3 Å². The molecule has 1 fully saturated rings. The maximum atomic E-state index is 6.00. The molecule has 1 aliphatic rings. The number of nitrogens with zero attached hydrogens (tertiary/aromatic N) is 3. The number of ether oxygens (including phenoxy) is 2. The maximum Gasteiger partial charge on any atom is 0.213 e. The average Bonchev–Trinajstić information content (AvgIpc) is 3.03. The molecule has 3 heterocycles. The maximum absolute atomic E-state index is 6.00. The van der Waals surface area contributed by atoms with Crippen molar-refractivity contribution in [1.29, 1.82) is 0 Å². The molecule has 126 valence electrons. The van der Waals surface area contributed by atoms with E-state index in [1.165, 1.54) is 0 Å². The number of hydrogen-bond acceptors (Lipinski definition) is 5. The van der Waals surface area contributed by atoms with Crippen LogP contribution in [0.25, 0.3) is 6.08 Å². The fraction of sp³-hybridized carbons (Fsp3) is 0.333. The van der Waals surface area contributed by atoms with E-state index in [0.717, 1.165) is 41.1 Å². The van der Waals surface area contributed by atoms with Crippen LogP contribution in [0.4, 0.5) is 5.69 Å². The Morgan fingerprint density at radius 3 is 2.92 bits per heavy atom. The number of aromatic nitrogens is 2. The summed E-state index contributed by atoms with van der Waals surface area (Å²) in [6, 6.07) is 7.96. The largest absolute Gasteiger partial charge is 0.504 e. The molecule has 0 radical (unpaired) electrons. The SMILES string of the molecule is CO/C=C/c1nc(Br)ccc1N1CC[C@H](Oc2ccc(C)cn2)C1. The third-order valence-electron chi connectivity index (χ3n) is 3.89. The molecule has 3 rings (SSSR count). The van der Waals surface area contributed by atoms with E-state index in [-0.39, 0.29) is 6.10 Å². The molecule has 0 unspecified atom stereocenters. The zero-order valence-corrected chi connectivity index (χ0v) is 15.4. The Balaban J connectivity index is 1.71. The molecular weight excluding hydrogens is 370 g/mol. The average molecular weight is 390 g/mol. The monoisotopic (exact) mass is 389 g/mol. The summed E-state index contributed by atoms with van der Waals surface area (Å²) in [6.07, 6.45) is 6.42. The lowest BCUT2D eigenvalue weighted by Gasteiger charge is -2.20. The van der Waals surface area contributed by atoms with Crippen LogP contribution < -0.4 is 9.64 Å². The molecule has 2 aromatic rings. The van der Waals surface area contributed by atoms with Gasteiger partial charge in [-0.15, -0.1) is 0 Å². The second kappa shape index (κ2) is 7.66. The van der Waals surface area contributed by atoms with Crippen molar-refractivity contribution in [3.63, 3.8) is 0 Å². The van der Waals surface area contributed by atoms with Crippen molar-refractivity contribution in [3.05, 3.63) is 52.6 Å². The van der Waals surface area contributed by atoms with Gasteiger partial charge in [0.2, 0.25) is 5.88 Å². The van der Waals surface area contributed by atoms with Gasteiger partial charge in [-0.25, -0.2) is 9.97 Å². The first-order valence-corrected chi connectivity index (χ1v) is 8.65. The quantitative estimate of drug-likeness (QED) is 0.574. The molecule has 0 aliphatic carbocycles. The first-order chi connectivity index (χ1) is 11.7. The molecule has 1 atom stereocenters. The van der Waals surface area contributed by atoms with Crippen LogP contribution in [0.1, 0.15) is 17.7 Å². The minimum absolute atomic E-state index is 0.128. The van der Waals surface area contributed by atoms with Crippen LogP contribution >= 0.6 is 15.9 Å². The van der Waals surface area contributed by atoms with Crippen molar-refractivity contribution in [3.8, 4) is 5.88 Å². The fourth-order valence-electron chi connectivity index (χ4n) is 2.70. The summed E-state index contributed by atoms with van der Waals surface area (Å²) in [4.78, 5) is 11.1. The summed E-state index contributed by atoms with van der Waals surface area (Å²) in [7, 11) is 1.63. The number of aryl methyl sites for hydroxylation is 1. The number of anilines is 1. The van der Waals surface area contributed by atoms with Crippen LogP contribution in [0.3, 0.4) is 0 Å². The van der Waals surface area contributed by atoms with Gasteiger partial charge in [0.25, 0.3) is 0 Å². The van der Waals surface area contributed by atoms with E-state index in [9.17, 15) is 0 Å². The third-order valence-corrected chi connectivity index (χ3v) is 4.33. The van der Waals surface area contributed by atoms with E-state index in [4.69, 9.17) is 9.47 Å². The number of methoxy groups -OCH3 is 1. The van der Waals surface area contributed by atoms with E-state index in [2.05, 4.69) is 36.9 Å². The zero-order valence-electron chi connectivity index (χ0n) is 13.8. The molecule has 0 N–H and O–H groups in total. The van der Waals surface area contributed by atoms with Gasteiger partial charge in [-0.1, -0.05) is 6.07 Å². The number of rotatable bonds is 5. The molecule has 1 saturated heterocycles. The van der Waals surface area contributed by atoms with Crippen molar-refractivity contribution in [2.45, 2.75) is 19.4 Å². The Kier molecular flexibility index (Phi) is 5.35. The van der Waals surface area contributed by atoms with Gasteiger partial charge in [0.1, 0.15) is 10.7 Å². The summed E-state index contributed by atoms with van der Waals surface area (Å²) in [5, 5.41) is 0. The van der Waals surface area contributed by atoms with E-state index in [1.807, 2.05) is 37.4 Å². The van der Waals surface area contributed by atoms with E-state index < -0.39 is 0 Å². The lowest BCUT2D eigenvalue weighted by Crippen LogP contribution is -2.25. The Morgan fingerprint density at radius 2 is 2.17 bits per heavy atom. The van der Waals surface area contributed by atoms with Crippen LogP contribution in [-0.2, 0) is 4.74 Å². The third kappa shape index (κ3) is 4.06. The van der Waals surface area contributed by atoms with Crippen LogP contribution in [0, 0.1) is 6.92 Å². The predicted octanol–water partition coefficient (Wildman–Crippen LogP) is 3.82. The van der Waals surface area contributed by atoms with E-state index >= 15 is 0 Å². The minimum atomic E-state index is 0.128. The topological polar surface area (TPSA) is 47.5 Å². The molecule has 0 spiro atoms. The zero-order chi connectivity index (χ0) is 16.9. The molecule has 1 aliphatic heterocycles. The van der Waals surface area contributed by atoms with E-state index in [0.29, 0.717) is 5.88 Å². The Hall–Kier alpha value is -2.08. The summed E-state index contributed by atoms with van der Waals surface area (Å²) in [5.41, 5.74) is 3.08. The molecule has 24 heavy (non-hydrogen) atoms. The molecule has 2 aromatic heterocycles. The van der Waals surface area contributed by atoms with Crippen LogP contribution in [0.5, 0.6) is 5.88 Å². The van der Waals surface area contributed by atoms with Gasteiger partial charge in [0, 0.05) is 31.3 Å². The van der Waals surface area contributed by atoms with Crippen molar-refractivity contribution in [1.82, 2.24) is 9.97 Å². The summed E-state index contributed by atoms with van der Waals surface area (Å²) in [5.74, 6) is 0.681. The molecule has 0 saturated carbocycles. The van der Waals surface area contributed by atoms with Gasteiger partial charge in [0.15, 0.2) is 0 Å². The van der Waals surface area contributed by atoms with Crippen molar-refractivity contribution >= 4 is 27.7 Å². The van der Waals surface area contributed by atoms with E-state index in [1.54, 1.807) is 13.4 Å². The molecule has 0 bridgehead atoms. The highest BCUT2D eigenvalue weighted by Crippen LogP contribution is 2.27. The highest BCUT2D eigenvalue weighted by Gasteiger charge is 2.26. The fourth-order valence-corrected chi connectivity index (χ4v) is 3.03.